The van der Waals surface area contributed by atoms with Crippen LogP contribution in [0.25, 0.3) is 0 Å². The van der Waals surface area contributed by atoms with Crippen LogP contribution in [0, 0.1) is 10.1 Å². The minimum Gasteiger partial charge on any atom is -0.502 e. The van der Waals surface area contributed by atoms with Gasteiger partial charge >= 0.3 is 5.69 Å². The van der Waals surface area contributed by atoms with E-state index in [0.717, 1.165) is 6.42 Å². The molecule has 0 saturated heterocycles. The number of nitro groups is 1. The van der Waals surface area contributed by atoms with Crippen molar-refractivity contribution in [3.05, 3.63) is 28.3 Å². The highest BCUT2D eigenvalue weighted by molar-refractivity contribution is 5.92. The molecule has 0 spiro atoms. The summed E-state index contributed by atoms with van der Waals surface area (Å²) in [6.45, 7) is 3.79. The van der Waals surface area contributed by atoms with Gasteiger partial charge in [-0.25, -0.2) is 0 Å². The Morgan fingerprint density at radius 3 is 2.65 bits per heavy atom. The third kappa shape index (κ3) is 2.93. The smallest absolute Gasteiger partial charge is 0.312 e. The Labute approximate surface area is 98.6 Å². The fraction of sp³-hybridized carbons (Fsp3) is 0.364. The molecule has 1 aromatic rings. The summed E-state index contributed by atoms with van der Waals surface area (Å²) in [6, 6.07) is 3.91. The second-order valence-corrected chi connectivity index (χ2v) is 3.60. The number of hydrogen-bond donors (Lipinski definition) is 1. The lowest BCUT2D eigenvalue weighted by Gasteiger charge is -2.20. The summed E-state index contributed by atoms with van der Waals surface area (Å²) in [5.41, 5.74) is 0.0219. The highest BCUT2D eigenvalue weighted by Gasteiger charge is 2.18. The van der Waals surface area contributed by atoms with Gasteiger partial charge in [-0.3, -0.25) is 14.9 Å². The number of hydrogen-bond acceptors (Lipinski definition) is 4. The number of phenols is 1. The molecule has 0 aromatic heterocycles. The van der Waals surface area contributed by atoms with Crippen LogP contribution in [-0.2, 0) is 4.79 Å². The van der Waals surface area contributed by atoms with Gasteiger partial charge in [0.15, 0.2) is 5.75 Å². The van der Waals surface area contributed by atoms with Gasteiger partial charge in [-0.15, -0.1) is 0 Å². The predicted octanol–water partition coefficient (Wildman–Crippen LogP) is 2.06. The maximum atomic E-state index is 11.4. The van der Waals surface area contributed by atoms with Crippen LogP contribution in [0.2, 0.25) is 0 Å². The number of amides is 1. The number of aromatic hydroxyl groups is 1. The molecular formula is C11H14N2O4. The quantitative estimate of drug-likeness (QED) is 0.642. The zero-order chi connectivity index (χ0) is 13.0. The van der Waals surface area contributed by atoms with Crippen molar-refractivity contribution in [1.29, 1.82) is 0 Å². The molecule has 0 bridgehead atoms. The summed E-state index contributed by atoms with van der Waals surface area (Å²) in [4.78, 5) is 22.8. The number of nitro benzene ring substituents is 1. The predicted molar refractivity (Wildman–Crippen MR) is 63.1 cm³/mol. The normalized spacial score (nSPS) is 10.0. The number of benzene rings is 1. The SMILES string of the molecule is CCCN(C(C)=O)c1ccc(O)c([N+](=O)[O-])c1. The minimum absolute atomic E-state index is 0.188. The summed E-state index contributed by atoms with van der Waals surface area (Å²) in [7, 11) is 0. The van der Waals surface area contributed by atoms with E-state index in [2.05, 4.69) is 0 Å². The van der Waals surface area contributed by atoms with Crippen LogP contribution >= 0.6 is 0 Å². The summed E-state index contributed by atoms with van der Waals surface area (Å²) in [6.07, 6.45) is 0.744. The second-order valence-electron chi connectivity index (χ2n) is 3.60. The van der Waals surface area contributed by atoms with Gasteiger partial charge in [0.2, 0.25) is 5.91 Å². The molecule has 0 atom stereocenters. The first-order valence-electron chi connectivity index (χ1n) is 5.23. The van der Waals surface area contributed by atoms with E-state index < -0.39 is 16.4 Å². The van der Waals surface area contributed by atoms with Crippen molar-refractivity contribution < 1.29 is 14.8 Å². The first kappa shape index (κ1) is 13.0. The van der Waals surface area contributed by atoms with Gasteiger partial charge in [0.1, 0.15) is 0 Å². The van der Waals surface area contributed by atoms with E-state index in [-0.39, 0.29) is 5.91 Å². The van der Waals surface area contributed by atoms with Crippen LogP contribution < -0.4 is 4.90 Å². The van der Waals surface area contributed by atoms with Crippen LogP contribution in [0.4, 0.5) is 11.4 Å². The van der Waals surface area contributed by atoms with Gasteiger partial charge in [-0.1, -0.05) is 6.92 Å². The first-order valence-corrected chi connectivity index (χ1v) is 5.23. The zero-order valence-electron chi connectivity index (χ0n) is 9.71. The summed E-state index contributed by atoms with van der Waals surface area (Å²) in [5, 5.41) is 20.0. The molecule has 6 heteroatoms. The molecule has 0 heterocycles. The molecule has 1 rings (SSSR count). The Bertz CT molecular complexity index is 445. The van der Waals surface area contributed by atoms with Crippen molar-refractivity contribution >= 4 is 17.3 Å². The van der Waals surface area contributed by atoms with E-state index in [9.17, 15) is 20.0 Å². The highest BCUT2D eigenvalue weighted by atomic mass is 16.6. The standard InChI is InChI=1S/C11H14N2O4/c1-3-6-12(8(2)14)9-4-5-11(15)10(7-9)13(16)17/h4-5,7,15H,3,6H2,1-2H3. The average Bonchev–Trinajstić information content (AvgIpc) is 2.26. The number of carbonyl (C=O) groups excluding carboxylic acids is 1. The van der Waals surface area contributed by atoms with Crippen molar-refractivity contribution in [2.45, 2.75) is 20.3 Å². The number of rotatable bonds is 4. The van der Waals surface area contributed by atoms with E-state index >= 15 is 0 Å². The van der Waals surface area contributed by atoms with E-state index in [1.165, 1.54) is 30.0 Å². The first-order chi connectivity index (χ1) is 7.97. The van der Waals surface area contributed by atoms with Crippen molar-refractivity contribution in [2.75, 3.05) is 11.4 Å². The van der Waals surface area contributed by atoms with Gasteiger partial charge < -0.3 is 10.0 Å². The van der Waals surface area contributed by atoms with Crippen molar-refractivity contribution in [3.8, 4) is 5.75 Å². The van der Waals surface area contributed by atoms with E-state index in [0.29, 0.717) is 12.2 Å². The summed E-state index contributed by atoms with van der Waals surface area (Å²) < 4.78 is 0. The summed E-state index contributed by atoms with van der Waals surface area (Å²) >= 11 is 0. The average molecular weight is 238 g/mol. The van der Waals surface area contributed by atoms with Gasteiger partial charge in [0, 0.05) is 19.5 Å². The molecular weight excluding hydrogens is 224 g/mol. The highest BCUT2D eigenvalue weighted by Crippen LogP contribution is 2.30. The van der Waals surface area contributed by atoms with E-state index in [4.69, 9.17) is 0 Å². The molecule has 6 nitrogen and oxygen atoms in total. The lowest BCUT2D eigenvalue weighted by atomic mass is 10.2. The van der Waals surface area contributed by atoms with Crippen LogP contribution in [0.15, 0.2) is 18.2 Å². The maximum absolute atomic E-state index is 11.4. The number of carbonyl (C=O) groups is 1. The van der Waals surface area contributed by atoms with Gasteiger partial charge in [-0.05, 0) is 18.6 Å². The third-order valence-electron chi connectivity index (χ3n) is 2.29. The molecule has 92 valence electrons. The second kappa shape index (κ2) is 5.29. The fourth-order valence-electron chi connectivity index (χ4n) is 1.52. The molecule has 0 radical (unpaired) electrons. The van der Waals surface area contributed by atoms with Gasteiger partial charge in [-0.2, -0.15) is 0 Å². The van der Waals surface area contributed by atoms with Crippen molar-refractivity contribution in [1.82, 2.24) is 0 Å². The number of nitrogens with zero attached hydrogens (tertiary/aromatic N) is 2. The lowest BCUT2D eigenvalue weighted by molar-refractivity contribution is -0.385. The van der Waals surface area contributed by atoms with Crippen molar-refractivity contribution in [3.63, 3.8) is 0 Å². The maximum Gasteiger partial charge on any atom is 0.312 e. The van der Waals surface area contributed by atoms with Crippen LogP contribution in [0.3, 0.4) is 0 Å². The number of anilines is 1. The Balaban J connectivity index is 3.16. The Morgan fingerprint density at radius 2 is 2.18 bits per heavy atom. The third-order valence-corrected chi connectivity index (χ3v) is 2.29. The molecule has 1 aromatic carbocycles. The zero-order valence-corrected chi connectivity index (χ0v) is 9.71. The molecule has 0 aliphatic heterocycles. The monoisotopic (exact) mass is 238 g/mol. The lowest BCUT2D eigenvalue weighted by Crippen LogP contribution is -2.29. The van der Waals surface area contributed by atoms with Crippen molar-refractivity contribution in [2.24, 2.45) is 0 Å². The molecule has 1 N–H and O–H groups in total. The Hall–Kier alpha value is -2.11. The van der Waals surface area contributed by atoms with Gasteiger partial charge in [0.25, 0.3) is 0 Å². The fourth-order valence-corrected chi connectivity index (χ4v) is 1.52. The molecule has 1 amide bonds. The molecule has 0 aliphatic carbocycles. The summed E-state index contributed by atoms with van der Waals surface area (Å²) in [5.74, 6) is -0.592. The van der Waals surface area contributed by atoms with Gasteiger partial charge in [0.05, 0.1) is 10.6 Å². The Morgan fingerprint density at radius 1 is 1.53 bits per heavy atom. The van der Waals surface area contributed by atoms with E-state index in [1.54, 1.807) is 0 Å². The molecule has 0 unspecified atom stereocenters. The topological polar surface area (TPSA) is 83.7 Å². The van der Waals surface area contributed by atoms with Crippen LogP contribution in [-0.4, -0.2) is 22.5 Å². The van der Waals surface area contributed by atoms with E-state index in [1.807, 2.05) is 6.92 Å². The van der Waals surface area contributed by atoms with Crippen LogP contribution in [0.1, 0.15) is 20.3 Å². The molecule has 17 heavy (non-hydrogen) atoms. The molecule has 0 saturated carbocycles. The van der Waals surface area contributed by atoms with Crippen LogP contribution in [0.5, 0.6) is 5.75 Å². The largest absolute Gasteiger partial charge is 0.502 e. The molecule has 0 aliphatic rings. The number of phenolic OH excluding ortho intramolecular Hbond substituents is 1. The Kier molecular flexibility index (Phi) is 4.03. The molecule has 0 fully saturated rings. The minimum atomic E-state index is -0.677.